The van der Waals surface area contributed by atoms with Gasteiger partial charge in [-0.2, -0.15) is 17.5 Å². The minimum atomic E-state index is -5.28. The molecule has 1 rings (SSSR count). The van der Waals surface area contributed by atoms with E-state index in [1.165, 1.54) is 4.90 Å². The van der Waals surface area contributed by atoms with Gasteiger partial charge in [0.1, 0.15) is 6.54 Å². The Morgan fingerprint density at radius 1 is 1.27 bits per heavy atom. The molecule has 0 aromatic heterocycles. The minimum absolute atomic E-state index is 0. The van der Waals surface area contributed by atoms with Crippen LogP contribution in [-0.4, -0.2) is 81.3 Å². The van der Waals surface area contributed by atoms with Gasteiger partial charge in [-0.05, 0) is 19.8 Å². The standard InChI is InChI=1S/C13H24F3N5O3S.HI/c1-4-17-12(18-9-11(22)20(2)3)19-10-5-7-21(8-6-10)25(23,24)13(14,15)16;/h10H,4-9H2,1-3H3,(H2,17,18,19);1H. The number of carbonyl (C=O) groups is 1. The van der Waals surface area contributed by atoms with E-state index in [1.807, 2.05) is 6.92 Å². The smallest absolute Gasteiger partial charge is 0.357 e. The molecule has 0 atom stereocenters. The summed E-state index contributed by atoms with van der Waals surface area (Å²) in [6.07, 6.45) is 0.419. The fourth-order valence-electron chi connectivity index (χ4n) is 2.19. The summed E-state index contributed by atoms with van der Waals surface area (Å²) < 4.78 is 60.9. The maximum Gasteiger partial charge on any atom is 0.511 e. The zero-order valence-corrected chi connectivity index (χ0v) is 18.0. The van der Waals surface area contributed by atoms with E-state index in [1.54, 1.807) is 14.1 Å². The Labute approximate surface area is 168 Å². The Hall–Kier alpha value is -0.830. The second kappa shape index (κ2) is 10.5. The predicted octanol–water partition coefficient (Wildman–Crippen LogP) is 0.562. The number of hydrogen-bond acceptors (Lipinski definition) is 4. The van der Waals surface area contributed by atoms with E-state index in [0.717, 1.165) is 0 Å². The lowest BCUT2D eigenvalue weighted by Gasteiger charge is -2.32. The predicted molar refractivity (Wildman–Crippen MR) is 103 cm³/mol. The molecule has 0 saturated carbocycles. The molecule has 154 valence electrons. The van der Waals surface area contributed by atoms with E-state index in [-0.39, 0.29) is 68.4 Å². The molecule has 0 bridgehead atoms. The highest BCUT2D eigenvalue weighted by Gasteiger charge is 2.50. The van der Waals surface area contributed by atoms with E-state index in [4.69, 9.17) is 0 Å². The fraction of sp³-hybridized carbons (Fsp3) is 0.846. The van der Waals surface area contributed by atoms with Crippen molar-refractivity contribution in [3.05, 3.63) is 0 Å². The number of aliphatic imine (C=N–C) groups is 1. The quantitative estimate of drug-likeness (QED) is 0.317. The maximum atomic E-state index is 12.6. The summed E-state index contributed by atoms with van der Waals surface area (Å²) in [6, 6.07) is -0.230. The third kappa shape index (κ3) is 7.06. The van der Waals surface area contributed by atoms with Crippen LogP contribution in [0.5, 0.6) is 0 Å². The van der Waals surface area contributed by atoms with E-state index in [2.05, 4.69) is 15.6 Å². The molecule has 2 N–H and O–H groups in total. The molecular formula is C13H25F3IN5O3S. The highest BCUT2D eigenvalue weighted by Crippen LogP contribution is 2.28. The normalized spacial score (nSPS) is 17.4. The average molecular weight is 515 g/mol. The number of likely N-dealkylation sites (N-methyl/N-ethyl adjacent to an activating group) is 1. The lowest BCUT2D eigenvalue weighted by molar-refractivity contribution is -0.127. The minimum Gasteiger partial charge on any atom is -0.357 e. The number of rotatable bonds is 5. The Morgan fingerprint density at radius 2 is 1.81 bits per heavy atom. The first-order valence-electron chi connectivity index (χ1n) is 7.80. The fourth-order valence-corrected chi connectivity index (χ4v) is 3.17. The average Bonchev–Trinajstić information content (AvgIpc) is 2.51. The van der Waals surface area contributed by atoms with Gasteiger partial charge < -0.3 is 15.5 Å². The van der Waals surface area contributed by atoms with Crippen LogP contribution in [0.25, 0.3) is 0 Å². The van der Waals surface area contributed by atoms with Crippen LogP contribution < -0.4 is 10.6 Å². The Balaban J connectivity index is 0.00000625. The summed E-state index contributed by atoms with van der Waals surface area (Å²) in [7, 11) is -2.07. The Bertz CT molecular complexity index is 590. The molecule has 0 spiro atoms. The van der Waals surface area contributed by atoms with Gasteiger partial charge in [0.05, 0.1) is 0 Å². The van der Waals surface area contributed by atoms with Crippen molar-refractivity contribution in [1.29, 1.82) is 0 Å². The zero-order chi connectivity index (χ0) is 19.3. The van der Waals surface area contributed by atoms with Crippen LogP contribution >= 0.6 is 24.0 Å². The molecule has 0 aromatic rings. The molecule has 0 aromatic carbocycles. The SMILES string of the molecule is CCNC(=NCC(=O)N(C)C)NC1CCN(S(=O)(=O)C(F)(F)F)CC1.I. The number of piperidine rings is 1. The van der Waals surface area contributed by atoms with Gasteiger partial charge in [0.15, 0.2) is 5.96 Å². The Morgan fingerprint density at radius 3 is 2.23 bits per heavy atom. The summed E-state index contributed by atoms with van der Waals surface area (Å²) in [5, 5.41) is 5.97. The van der Waals surface area contributed by atoms with Gasteiger partial charge in [0, 0.05) is 39.8 Å². The molecule has 13 heteroatoms. The number of alkyl halides is 3. The van der Waals surface area contributed by atoms with Crippen molar-refractivity contribution in [2.24, 2.45) is 4.99 Å². The van der Waals surface area contributed by atoms with Gasteiger partial charge in [-0.3, -0.25) is 4.79 Å². The summed E-state index contributed by atoms with van der Waals surface area (Å²) in [4.78, 5) is 17.1. The van der Waals surface area contributed by atoms with Crippen LogP contribution in [0.2, 0.25) is 0 Å². The number of nitrogens with zero attached hydrogens (tertiary/aromatic N) is 3. The van der Waals surface area contributed by atoms with Gasteiger partial charge >= 0.3 is 15.5 Å². The lowest BCUT2D eigenvalue weighted by atomic mass is 10.1. The zero-order valence-electron chi connectivity index (χ0n) is 14.8. The van der Waals surface area contributed by atoms with Gasteiger partial charge in [-0.1, -0.05) is 0 Å². The van der Waals surface area contributed by atoms with Crippen molar-refractivity contribution in [1.82, 2.24) is 19.8 Å². The number of amides is 1. The van der Waals surface area contributed by atoms with Crippen LogP contribution in [0.3, 0.4) is 0 Å². The first-order chi connectivity index (χ1) is 11.5. The topological polar surface area (TPSA) is 94.1 Å². The molecule has 1 heterocycles. The number of carbonyl (C=O) groups excluding carboxylic acids is 1. The van der Waals surface area contributed by atoms with Gasteiger partial charge in [0.25, 0.3) is 0 Å². The van der Waals surface area contributed by atoms with Crippen molar-refractivity contribution >= 4 is 45.9 Å². The van der Waals surface area contributed by atoms with E-state index >= 15 is 0 Å². The molecule has 8 nitrogen and oxygen atoms in total. The molecular weight excluding hydrogens is 490 g/mol. The maximum absolute atomic E-state index is 12.6. The number of sulfonamides is 1. The first-order valence-corrected chi connectivity index (χ1v) is 9.24. The van der Waals surface area contributed by atoms with E-state index in [0.29, 0.717) is 16.8 Å². The molecule has 26 heavy (non-hydrogen) atoms. The second-order valence-corrected chi connectivity index (χ2v) is 7.68. The Kier molecular flexibility index (Phi) is 10.2. The molecule has 0 aliphatic carbocycles. The van der Waals surface area contributed by atoms with E-state index < -0.39 is 15.5 Å². The van der Waals surface area contributed by atoms with Crippen molar-refractivity contribution in [3.63, 3.8) is 0 Å². The third-order valence-electron chi connectivity index (χ3n) is 3.64. The highest BCUT2D eigenvalue weighted by molar-refractivity contribution is 14.0. The molecule has 1 fully saturated rings. The molecule has 0 radical (unpaired) electrons. The molecule has 1 aliphatic heterocycles. The summed E-state index contributed by atoms with van der Waals surface area (Å²) in [6.45, 7) is 1.86. The van der Waals surface area contributed by atoms with Crippen molar-refractivity contribution in [3.8, 4) is 0 Å². The molecule has 1 saturated heterocycles. The molecule has 1 amide bonds. The van der Waals surface area contributed by atoms with Crippen LogP contribution in [0.15, 0.2) is 4.99 Å². The van der Waals surface area contributed by atoms with Crippen molar-refractivity contribution < 1.29 is 26.4 Å². The van der Waals surface area contributed by atoms with Crippen LogP contribution in [0.4, 0.5) is 13.2 Å². The number of guanidine groups is 1. The van der Waals surface area contributed by atoms with Crippen molar-refractivity contribution in [2.45, 2.75) is 31.3 Å². The summed E-state index contributed by atoms with van der Waals surface area (Å²) in [5.74, 6) is 0.179. The van der Waals surface area contributed by atoms with Crippen LogP contribution in [0.1, 0.15) is 19.8 Å². The summed E-state index contributed by atoms with van der Waals surface area (Å²) in [5.41, 5.74) is -5.28. The number of nitrogens with one attached hydrogen (secondary N) is 2. The van der Waals surface area contributed by atoms with E-state index in [9.17, 15) is 26.4 Å². The highest BCUT2D eigenvalue weighted by atomic mass is 127. The second-order valence-electron chi connectivity index (χ2n) is 5.75. The monoisotopic (exact) mass is 515 g/mol. The van der Waals surface area contributed by atoms with Gasteiger partial charge in [-0.15, -0.1) is 24.0 Å². The summed E-state index contributed by atoms with van der Waals surface area (Å²) >= 11 is 0. The van der Waals surface area contributed by atoms with Gasteiger partial charge in [-0.25, -0.2) is 13.4 Å². The molecule has 0 unspecified atom stereocenters. The van der Waals surface area contributed by atoms with Crippen molar-refractivity contribution in [2.75, 3.05) is 40.3 Å². The number of hydrogen-bond donors (Lipinski definition) is 2. The van der Waals surface area contributed by atoms with Crippen LogP contribution in [-0.2, 0) is 14.8 Å². The largest absolute Gasteiger partial charge is 0.511 e. The van der Waals surface area contributed by atoms with Gasteiger partial charge in [0.2, 0.25) is 5.91 Å². The lowest BCUT2D eigenvalue weighted by Crippen LogP contribution is -2.51. The first kappa shape index (κ1) is 25.2. The molecule has 1 aliphatic rings. The van der Waals surface area contributed by atoms with Crippen LogP contribution in [0, 0.1) is 0 Å². The third-order valence-corrected chi connectivity index (χ3v) is 5.27. The number of halogens is 4.